The lowest BCUT2D eigenvalue weighted by Crippen LogP contribution is -2.56. The number of benzene rings is 1. The van der Waals surface area contributed by atoms with Crippen molar-refractivity contribution in [1.82, 2.24) is 5.32 Å². The van der Waals surface area contributed by atoms with Crippen LogP contribution in [0.3, 0.4) is 0 Å². The van der Waals surface area contributed by atoms with Gasteiger partial charge in [0.15, 0.2) is 0 Å². The largest absolute Gasteiger partial charge is 0.370 e. The van der Waals surface area contributed by atoms with Crippen molar-refractivity contribution in [2.75, 3.05) is 13.2 Å². The Kier molecular flexibility index (Phi) is 4.16. The quantitative estimate of drug-likeness (QED) is 0.826. The minimum Gasteiger partial charge on any atom is -0.370 e. The Bertz CT molecular complexity index is 475. The Balaban J connectivity index is 1.66. The second-order valence-corrected chi connectivity index (χ2v) is 7.22. The van der Waals surface area contributed by atoms with Crippen LogP contribution < -0.4 is 5.32 Å². The molecule has 2 nitrogen and oxygen atoms in total. The summed E-state index contributed by atoms with van der Waals surface area (Å²) in [5, 5.41) is 3.64. The van der Waals surface area contributed by atoms with E-state index in [0.29, 0.717) is 18.7 Å². The van der Waals surface area contributed by atoms with E-state index in [9.17, 15) is 4.39 Å². The van der Waals surface area contributed by atoms with Crippen molar-refractivity contribution < 1.29 is 9.13 Å². The summed E-state index contributed by atoms with van der Waals surface area (Å²) in [7, 11) is 0. The van der Waals surface area contributed by atoms with Crippen LogP contribution in [0.5, 0.6) is 0 Å². The molecule has 20 heavy (non-hydrogen) atoms. The third-order valence-corrected chi connectivity index (χ3v) is 5.26. The van der Waals surface area contributed by atoms with Crippen molar-refractivity contribution in [3.63, 3.8) is 0 Å². The van der Waals surface area contributed by atoms with E-state index in [1.54, 1.807) is 0 Å². The SMILES string of the molecule is CC1CCC2(CC1)COC(c1ccc(Br)cc1F)CN2. The van der Waals surface area contributed by atoms with E-state index in [0.717, 1.165) is 10.4 Å². The first-order chi connectivity index (χ1) is 9.58. The predicted octanol–water partition coefficient (Wildman–Crippen LogP) is 4.20. The Morgan fingerprint density at radius 1 is 1.35 bits per heavy atom. The van der Waals surface area contributed by atoms with Crippen molar-refractivity contribution in [2.24, 2.45) is 5.92 Å². The van der Waals surface area contributed by atoms with Crippen LogP contribution in [-0.2, 0) is 4.74 Å². The predicted molar refractivity (Wildman–Crippen MR) is 81.2 cm³/mol. The van der Waals surface area contributed by atoms with Crippen molar-refractivity contribution in [3.8, 4) is 0 Å². The summed E-state index contributed by atoms with van der Waals surface area (Å²) in [5.41, 5.74) is 0.786. The Morgan fingerprint density at radius 3 is 2.70 bits per heavy atom. The molecule has 2 fully saturated rings. The molecular weight excluding hydrogens is 321 g/mol. The number of hydrogen-bond donors (Lipinski definition) is 1. The second kappa shape index (κ2) is 5.74. The van der Waals surface area contributed by atoms with Gasteiger partial charge < -0.3 is 10.1 Å². The maximum atomic E-state index is 14.0. The molecule has 0 radical (unpaired) electrons. The van der Waals surface area contributed by atoms with E-state index in [-0.39, 0.29) is 17.5 Å². The van der Waals surface area contributed by atoms with Gasteiger partial charge in [-0.05, 0) is 43.7 Å². The van der Waals surface area contributed by atoms with E-state index >= 15 is 0 Å². The first-order valence-corrected chi connectivity index (χ1v) is 8.19. The van der Waals surface area contributed by atoms with Crippen LogP contribution in [0.4, 0.5) is 4.39 Å². The highest BCUT2D eigenvalue weighted by Crippen LogP contribution is 2.36. The summed E-state index contributed by atoms with van der Waals surface area (Å²) in [6.07, 6.45) is 4.68. The van der Waals surface area contributed by atoms with E-state index < -0.39 is 0 Å². The molecule has 2 aliphatic rings. The van der Waals surface area contributed by atoms with Crippen LogP contribution in [0, 0.1) is 11.7 Å². The van der Waals surface area contributed by atoms with E-state index in [4.69, 9.17) is 4.74 Å². The van der Waals surface area contributed by atoms with E-state index in [2.05, 4.69) is 28.2 Å². The smallest absolute Gasteiger partial charge is 0.130 e. The number of ether oxygens (including phenoxy) is 1. The lowest BCUT2D eigenvalue weighted by Gasteiger charge is -2.45. The summed E-state index contributed by atoms with van der Waals surface area (Å²) < 4.78 is 20.7. The van der Waals surface area contributed by atoms with Gasteiger partial charge >= 0.3 is 0 Å². The molecule has 0 aromatic heterocycles. The second-order valence-electron chi connectivity index (χ2n) is 6.31. The fourth-order valence-electron chi connectivity index (χ4n) is 3.28. The number of rotatable bonds is 1. The minimum atomic E-state index is -0.195. The topological polar surface area (TPSA) is 21.3 Å². The van der Waals surface area contributed by atoms with Gasteiger partial charge in [0.2, 0.25) is 0 Å². The third kappa shape index (κ3) is 2.92. The average Bonchev–Trinajstić information content (AvgIpc) is 2.44. The molecule has 0 bridgehead atoms. The van der Waals surface area contributed by atoms with Crippen LogP contribution in [0.15, 0.2) is 22.7 Å². The fraction of sp³-hybridized carbons (Fsp3) is 0.625. The molecule has 1 heterocycles. The van der Waals surface area contributed by atoms with Gasteiger partial charge in [0.1, 0.15) is 5.82 Å². The summed E-state index contributed by atoms with van der Waals surface area (Å²) >= 11 is 3.29. The molecule has 1 unspecified atom stereocenters. The van der Waals surface area contributed by atoms with Crippen LogP contribution in [-0.4, -0.2) is 18.7 Å². The first kappa shape index (κ1) is 14.5. The average molecular weight is 342 g/mol. The number of nitrogens with one attached hydrogen (secondary N) is 1. The van der Waals surface area contributed by atoms with Crippen LogP contribution >= 0.6 is 15.9 Å². The van der Waals surface area contributed by atoms with Gasteiger partial charge in [-0.2, -0.15) is 0 Å². The van der Waals surface area contributed by atoms with Crippen molar-refractivity contribution in [3.05, 3.63) is 34.1 Å². The summed E-state index contributed by atoms with van der Waals surface area (Å²) in [6, 6.07) is 5.19. The van der Waals surface area contributed by atoms with Gasteiger partial charge in [-0.15, -0.1) is 0 Å². The number of halogens is 2. The zero-order valence-corrected chi connectivity index (χ0v) is 13.4. The number of hydrogen-bond acceptors (Lipinski definition) is 2. The molecule has 1 aromatic rings. The molecule has 1 aliphatic heterocycles. The van der Waals surface area contributed by atoms with E-state index in [1.807, 2.05) is 12.1 Å². The van der Waals surface area contributed by atoms with Crippen molar-refractivity contribution >= 4 is 15.9 Å². The Morgan fingerprint density at radius 2 is 2.10 bits per heavy atom. The van der Waals surface area contributed by atoms with Crippen molar-refractivity contribution in [2.45, 2.75) is 44.2 Å². The van der Waals surface area contributed by atoms with Crippen LogP contribution in [0.1, 0.15) is 44.3 Å². The van der Waals surface area contributed by atoms with Gasteiger partial charge in [-0.1, -0.05) is 28.9 Å². The van der Waals surface area contributed by atoms with Crippen LogP contribution in [0.2, 0.25) is 0 Å². The normalized spacial score (nSPS) is 34.4. The molecule has 1 aliphatic carbocycles. The third-order valence-electron chi connectivity index (χ3n) is 4.76. The van der Waals surface area contributed by atoms with Gasteiger partial charge in [-0.25, -0.2) is 4.39 Å². The Hall–Kier alpha value is -0.450. The maximum absolute atomic E-state index is 14.0. The first-order valence-electron chi connectivity index (χ1n) is 7.40. The molecule has 1 spiro atoms. The molecule has 4 heteroatoms. The standard InChI is InChI=1S/C16H21BrFNO/c1-11-4-6-16(7-5-11)10-20-15(9-19-16)13-3-2-12(17)8-14(13)18/h2-3,8,11,15,19H,4-7,9-10H2,1H3. The highest BCUT2D eigenvalue weighted by molar-refractivity contribution is 9.10. The molecule has 1 saturated carbocycles. The van der Waals surface area contributed by atoms with E-state index in [1.165, 1.54) is 31.7 Å². The molecule has 1 saturated heterocycles. The molecule has 1 aromatic carbocycles. The maximum Gasteiger partial charge on any atom is 0.130 e. The van der Waals surface area contributed by atoms with Gasteiger partial charge in [0.05, 0.1) is 12.7 Å². The van der Waals surface area contributed by atoms with Crippen LogP contribution in [0.25, 0.3) is 0 Å². The van der Waals surface area contributed by atoms with Gasteiger partial charge in [0, 0.05) is 22.1 Å². The zero-order chi connectivity index (χ0) is 14.2. The number of morpholine rings is 1. The van der Waals surface area contributed by atoms with Gasteiger partial charge in [0.25, 0.3) is 0 Å². The lowest BCUT2D eigenvalue weighted by molar-refractivity contribution is -0.0516. The van der Waals surface area contributed by atoms with Crippen molar-refractivity contribution in [1.29, 1.82) is 0 Å². The highest BCUT2D eigenvalue weighted by atomic mass is 79.9. The van der Waals surface area contributed by atoms with Gasteiger partial charge in [-0.3, -0.25) is 0 Å². The lowest BCUT2D eigenvalue weighted by atomic mass is 9.77. The minimum absolute atomic E-state index is 0.134. The molecule has 1 N–H and O–H groups in total. The summed E-state index contributed by atoms with van der Waals surface area (Å²) in [6.45, 7) is 3.71. The Labute approximate surface area is 128 Å². The fourth-order valence-corrected chi connectivity index (χ4v) is 3.61. The highest BCUT2D eigenvalue weighted by Gasteiger charge is 2.38. The molecule has 110 valence electrons. The molecular formula is C16H21BrFNO. The molecule has 1 atom stereocenters. The summed E-state index contributed by atoms with van der Waals surface area (Å²) in [4.78, 5) is 0. The summed E-state index contributed by atoms with van der Waals surface area (Å²) in [5.74, 6) is 0.628. The zero-order valence-electron chi connectivity index (χ0n) is 11.8. The molecule has 0 amide bonds. The molecule has 3 rings (SSSR count). The monoisotopic (exact) mass is 341 g/mol.